The minimum Gasteiger partial charge on any atom is -0.390 e. The molecule has 2 rings (SSSR count). The number of likely N-dealkylation sites (tertiary alicyclic amines) is 1. The Morgan fingerprint density at radius 2 is 1.48 bits per heavy atom. The lowest BCUT2D eigenvalue weighted by molar-refractivity contribution is 0.0380. The van der Waals surface area contributed by atoms with E-state index in [2.05, 4.69) is 21.6 Å². The molecule has 5 heteroatoms. The van der Waals surface area contributed by atoms with Gasteiger partial charge in [0.05, 0.1) is 12.7 Å². The first-order valence-corrected chi connectivity index (χ1v) is 8.51. The molecule has 2 saturated heterocycles. The van der Waals surface area contributed by atoms with Crippen molar-refractivity contribution in [2.24, 2.45) is 5.92 Å². The highest BCUT2D eigenvalue weighted by atomic mass is 16.5. The number of hydrogen-bond acceptors (Lipinski definition) is 5. The topological polar surface area (TPSA) is 39.2 Å². The number of nitrogens with zero attached hydrogens (tertiary/aromatic N) is 3. The third-order valence-corrected chi connectivity index (χ3v) is 4.89. The Kier molecular flexibility index (Phi) is 7.40. The highest BCUT2D eigenvalue weighted by Gasteiger charge is 2.22. The Bertz CT molecular complexity index is 275. The Labute approximate surface area is 129 Å². The summed E-state index contributed by atoms with van der Waals surface area (Å²) in [5.74, 6) is 0.860. The van der Waals surface area contributed by atoms with Crippen LogP contribution in [0.5, 0.6) is 0 Å². The molecule has 0 aromatic rings. The molecule has 0 aromatic carbocycles. The molecular formula is C16H33N3O2. The van der Waals surface area contributed by atoms with Crippen LogP contribution in [0.3, 0.4) is 0 Å². The average molecular weight is 299 g/mol. The second-order valence-corrected chi connectivity index (χ2v) is 6.77. The van der Waals surface area contributed by atoms with Gasteiger partial charge in [0.1, 0.15) is 0 Å². The first kappa shape index (κ1) is 17.2. The summed E-state index contributed by atoms with van der Waals surface area (Å²) in [6, 6.07) is 0. The van der Waals surface area contributed by atoms with Gasteiger partial charge in [0, 0.05) is 52.9 Å². The zero-order chi connectivity index (χ0) is 15.1. The summed E-state index contributed by atoms with van der Waals surface area (Å²) in [7, 11) is 1.76. The van der Waals surface area contributed by atoms with Crippen molar-refractivity contribution in [2.75, 3.05) is 72.6 Å². The van der Waals surface area contributed by atoms with E-state index in [-0.39, 0.29) is 6.10 Å². The van der Waals surface area contributed by atoms with E-state index in [1.54, 1.807) is 7.11 Å². The van der Waals surface area contributed by atoms with Gasteiger partial charge in [0.25, 0.3) is 0 Å². The van der Waals surface area contributed by atoms with Crippen molar-refractivity contribution >= 4 is 0 Å². The number of aliphatic hydroxyl groups excluding tert-OH is 1. The molecule has 0 bridgehead atoms. The third-order valence-electron chi connectivity index (χ3n) is 4.89. The lowest BCUT2D eigenvalue weighted by atomic mass is 9.99. The number of piperazine rings is 1. The molecule has 0 saturated carbocycles. The van der Waals surface area contributed by atoms with Crippen molar-refractivity contribution in [1.82, 2.24) is 14.7 Å². The number of β-amino-alcohol motifs (C(OH)–C–C–N with tert-alkyl or cyclic N) is 1. The summed E-state index contributed by atoms with van der Waals surface area (Å²) in [6.45, 7) is 12.5. The van der Waals surface area contributed by atoms with Gasteiger partial charge in [-0.05, 0) is 31.8 Å². The summed E-state index contributed by atoms with van der Waals surface area (Å²) < 4.78 is 5.13. The first-order valence-electron chi connectivity index (χ1n) is 8.51. The van der Waals surface area contributed by atoms with Gasteiger partial charge < -0.3 is 14.7 Å². The minimum atomic E-state index is -0.205. The monoisotopic (exact) mass is 299 g/mol. The van der Waals surface area contributed by atoms with E-state index < -0.39 is 0 Å². The zero-order valence-electron chi connectivity index (χ0n) is 13.8. The van der Waals surface area contributed by atoms with Gasteiger partial charge in [0.15, 0.2) is 0 Å². The number of ether oxygens (including phenoxy) is 1. The van der Waals surface area contributed by atoms with Crippen LogP contribution in [0, 0.1) is 5.92 Å². The molecule has 5 nitrogen and oxygen atoms in total. The zero-order valence-corrected chi connectivity index (χ0v) is 13.8. The van der Waals surface area contributed by atoms with Crippen molar-refractivity contribution in [3.05, 3.63) is 0 Å². The van der Waals surface area contributed by atoms with Crippen LogP contribution in [0.15, 0.2) is 0 Å². The van der Waals surface area contributed by atoms with Crippen LogP contribution in [-0.2, 0) is 4.74 Å². The first-order chi connectivity index (χ1) is 10.2. The maximum absolute atomic E-state index is 10.3. The van der Waals surface area contributed by atoms with Gasteiger partial charge in [-0.25, -0.2) is 0 Å². The molecule has 124 valence electrons. The highest BCUT2D eigenvalue weighted by molar-refractivity contribution is 4.77. The van der Waals surface area contributed by atoms with Gasteiger partial charge in [-0.2, -0.15) is 0 Å². The molecular weight excluding hydrogens is 266 g/mol. The number of rotatable bonds is 7. The maximum atomic E-state index is 10.3. The molecule has 0 amide bonds. The number of piperidine rings is 1. The fourth-order valence-corrected chi connectivity index (χ4v) is 3.31. The minimum absolute atomic E-state index is 0.205. The molecule has 0 spiro atoms. The molecule has 0 radical (unpaired) electrons. The SMILES string of the molecule is COCCN1CCN(CC(O)CN2CCC(C)CC2)CC1. The van der Waals surface area contributed by atoms with Gasteiger partial charge >= 0.3 is 0 Å². The van der Waals surface area contributed by atoms with Gasteiger partial charge in [-0.15, -0.1) is 0 Å². The summed E-state index contributed by atoms with van der Waals surface area (Å²) in [5.41, 5.74) is 0. The molecule has 2 aliphatic heterocycles. The van der Waals surface area contributed by atoms with E-state index in [9.17, 15) is 5.11 Å². The van der Waals surface area contributed by atoms with E-state index in [4.69, 9.17) is 4.74 Å². The van der Waals surface area contributed by atoms with E-state index in [1.165, 1.54) is 12.8 Å². The molecule has 0 aromatic heterocycles. The van der Waals surface area contributed by atoms with Crippen LogP contribution in [0.25, 0.3) is 0 Å². The van der Waals surface area contributed by atoms with E-state index in [1.807, 2.05) is 0 Å². The maximum Gasteiger partial charge on any atom is 0.0793 e. The highest BCUT2D eigenvalue weighted by Crippen LogP contribution is 2.16. The fourth-order valence-electron chi connectivity index (χ4n) is 3.31. The Hall–Kier alpha value is -0.200. The van der Waals surface area contributed by atoms with Crippen LogP contribution in [0.1, 0.15) is 19.8 Å². The normalized spacial score (nSPS) is 25.3. The molecule has 21 heavy (non-hydrogen) atoms. The number of aliphatic hydroxyl groups is 1. The van der Waals surface area contributed by atoms with Crippen LogP contribution in [0.4, 0.5) is 0 Å². The van der Waals surface area contributed by atoms with Gasteiger partial charge in [-0.3, -0.25) is 9.80 Å². The van der Waals surface area contributed by atoms with Gasteiger partial charge in [-0.1, -0.05) is 6.92 Å². The van der Waals surface area contributed by atoms with Crippen molar-refractivity contribution in [3.63, 3.8) is 0 Å². The van der Waals surface area contributed by atoms with Crippen molar-refractivity contribution < 1.29 is 9.84 Å². The smallest absolute Gasteiger partial charge is 0.0793 e. The van der Waals surface area contributed by atoms with Crippen molar-refractivity contribution in [1.29, 1.82) is 0 Å². The van der Waals surface area contributed by atoms with Crippen LogP contribution in [0.2, 0.25) is 0 Å². The Balaban J connectivity index is 1.59. The summed E-state index contributed by atoms with van der Waals surface area (Å²) in [6.07, 6.45) is 2.36. The average Bonchev–Trinajstić information content (AvgIpc) is 2.49. The predicted octanol–water partition coefficient (Wildman–Crippen LogP) is 0.343. The molecule has 0 aliphatic carbocycles. The van der Waals surface area contributed by atoms with E-state index in [0.29, 0.717) is 0 Å². The molecule has 1 atom stereocenters. The lowest BCUT2D eigenvalue weighted by Gasteiger charge is -2.37. The van der Waals surface area contributed by atoms with Crippen LogP contribution < -0.4 is 0 Å². The molecule has 2 aliphatic rings. The van der Waals surface area contributed by atoms with E-state index >= 15 is 0 Å². The molecule has 1 unspecified atom stereocenters. The molecule has 1 N–H and O–H groups in total. The Morgan fingerprint density at radius 3 is 2.05 bits per heavy atom. The van der Waals surface area contributed by atoms with Crippen molar-refractivity contribution in [2.45, 2.75) is 25.9 Å². The number of hydrogen-bond donors (Lipinski definition) is 1. The standard InChI is InChI=1S/C16H33N3O2/c1-15-3-5-18(6-4-15)13-16(20)14-19-9-7-17(8-10-19)11-12-21-2/h15-16,20H,3-14H2,1-2H3. The summed E-state index contributed by atoms with van der Waals surface area (Å²) in [4.78, 5) is 7.28. The second-order valence-electron chi connectivity index (χ2n) is 6.77. The van der Waals surface area contributed by atoms with Crippen LogP contribution >= 0.6 is 0 Å². The second kappa shape index (κ2) is 9.06. The quantitative estimate of drug-likeness (QED) is 0.734. The Morgan fingerprint density at radius 1 is 0.952 bits per heavy atom. The van der Waals surface area contributed by atoms with Gasteiger partial charge in [0.2, 0.25) is 0 Å². The van der Waals surface area contributed by atoms with Crippen molar-refractivity contribution in [3.8, 4) is 0 Å². The lowest BCUT2D eigenvalue weighted by Crippen LogP contribution is -2.50. The number of methoxy groups -OCH3 is 1. The van der Waals surface area contributed by atoms with E-state index in [0.717, 1.165) is 71.4 Å². The summed E-state index contributed by atoms with van der Waals surface area (Å²) in [5, 5.41) is 10.3. The third kappa shape index (κ3) is 6.20. The largest absolute Gasteiger partial charge is 0.390 e. The molecule has 2 heterocycles. The predicted molar refractivity (Wildman–Crippen MR) is 85.6 cm³/mol. The fraction of sp³-hybridized carbons (Fsp3) is 1.00. The summed E-state index contributed by atoms with van der Waals surface area (Å²) >= 11 is 0. The molecule has 2 fully saturated rings. The van der Waals surface area contributed by atoms with Crippen LogP contribution in [-0.4, -0.2) is 98.5 Å².